The van der Waals surface area contributed by atoms with E-state index in [2.05, 4.69) is 20.9 Å². The van der Waals surface area contributed by atoms with Gasteiger partial charge in [0, 0.05) is 36.7 Å². The predicted octanol–water partition coefficient (Wildman–Crippen LogP) is 5.77. The number of carbonyl (C=O) groups excluding carboxylic acids is 1. The normalized spacial score (nSPS) is 23.3. The van der Waals surface area contributed by atoms with Gasteiger partial charge in [0.1, 0.15) is 11.6 Å². The quantitative estimate of drug-likeness (QED) is 0.298. The molecule has 4 atom stereocenters. The molecule has 1 saturated carbocycles. The monoisotopic (exact) mass is 583 g/mol. The van der Waals surface area contributed by atoms with Crippen LogP contribution in [0.1, 0.15) is 58.4 Å². The lowest BCUT2D eigenvalue weighted by Crippen LogP contribution is -2.46. The fraction of sp³-hybridized carbons (Fsp3) is 0.312. The van der Waals surface area contributed by atoms with Crippen LogP contribution >= 0.6 is 11.6 Å². The van der Waals surface area contributed by atoms with Crippen molar-refractivity contribution in [3.8, 4) is 6.07 Å². The molecule has 3 aliphatic rings. The zero-order chi connectivity index (χ0) is 29.1. The van der Waals surface area contributed by atoms with Crippen molar-refractivity contribution >= 4 is 40.2 Å². The van der Waals surface area contributed by atoms with E-state index < -0.39 is 23.7 Å². The third kappa shape index (κ3) is 4.42. The number of hydrogen-bond donors (Lipinski definition) is 2. The van der Waals surface area contributed by atoms with Gasteiger partial charge in [0.25, 0.3) is 0 Å². The van der Waals surface area contributed by atoms with E-state index in [0.29, 0.717) is 41.3 Å². The van der Waals surface area contributed by atoms with E-state index in [-0.39, 0.29) is 28.5 Å². The number of anilines is 1. The topological polar surface area (TPSA) is 111 Å². The van der Waals surface area contributed by atoms with Crippen LogP contribution in [-0.2, 0) is 11.3 Å². The number of nitrogens with zero attached hydrogens (tertiary/aromatic N) is 4. The molecule has 8 nitrogen and oxygen atoms in total. The molecule has 2 fully saturated rings. The zero-order valence-corrected chi connectivity index (χ0v) is 23.3. The molecule has 0 unspecified atom stereocenters. The van der Waals surface area contributed by atoms with Crippen molar-refractivity contribution in [3.05, 3.63) is 94.0 Å². The van der Waals surface area contributed by atoms with E-state index in [9.17, 15) is 20.0 Å². The highest BCUT2D eigenvalue weighted by Crippen LogP contribution is 2.53. The number of amides is 1. The Morgan fingerprint density at radius 1 is 1.10 bits per heavy atom. The molecule has 1 amide bonds. The minimum absolute atomic E-state index is 0.0130. The van der Waals surface area contributed by atoms with Gasteiger partial charge in [-0.3, -0.25) is 9.69 Å². The summed E-state index contributed by atoms with van der Waals surface area (Å²) in [4.78, 5) is 33.1. The van der Waals surface area contributed by atoms with Crippen LogP contribution in [0.2, 0.25) is 5.02 Å². The first-order valence-electron chi connectivity index (χ1n) is 14.1. The number of likely N-dealkylation sites (tertiary alicyclic amines) is 1. The molecule has 0 bridgehead atoms. The van der Waals surface area contributed by atoms with Crippen molar-refractivity contribution in [1.82, 2.24) is 14.5 Å². The lowest BCUT2D eigenvalue weighted by molar-refractivity contribution is -0.121. The van der Waals surface area contributed by atoms with E-state index in [0.717, 1.165) is 30.6 Å². The molecule has 4 aromatic rings. The van der Waals surface area contributed by atoms with Crippen molar-refractivity contribution in [2.24, 2.45) is 5.92 Å². The van der Waals surface area contributed by atoms with E-state index in [1.165, 1.54) is 6.07 Å². The van der Waals surface area contributed by atoms with Crippen LogP contribution in [-0.4, -0.2) is 50.1 Å². The molecule has 2 N–H and O–H groups in total. The molecular weight excluding hydrogens is 557 g/mol. The maximum atomic E-state index is 15.9. The van der Waals surface area contributed by atoms with Gasteiger partial charge in [-0.05, 0) is 73.2 Å². The first-order chi connectivity index (χ1) is 20.3. The predicted molar refractivity (Wildman–Crippen MR) is 155 cm³/mol. The van der Waals surface area contributed by atoms with E-state index in [4.69, 9.17) is 16.6 Å². The van der Waals surface area contributed by atoms with E-state index in [1.807, 2.05) is 0 Å². The molecule has 3 aromatic carbocycles. The fourth-order valence-corrected chi connectivity index (χ4v) is 7.13. The number of imidazole rings is 1. The average Bonchev–Trinajstić information content (AvgIpc) is 3.64. The van der Waals surface area contributed by atoms with Crippen LogP contribution in [0.3, 0.4) is 0 Å². The molecule has 42 heavy (non-hydrogen) atoms. The Labute approximate surface area is 246 Å². The van der Waals surface area contributed by atoms with Gasteiger partial charge in [0.05, 0.1) is 39.3 Å². The standard InChI is InChI=1S/C32H27ClFN5O3/c33-22-6-2-5-21(28(22)34)26-27-25(11-12-38-24-10-9-19(32(41)42)14-23(24)37-30(27)38)39(16-17-7-8-17)29(26)31(40)36-20-4-1-3-18(13-20)15-35/h1-6,9-10,13-14,17,25-27,29H,7-8,11-12,16H2,(H,36,40)(H,41,42)/t25-,26-,27+,29+/m0/s1. The number of nitrogens with one attached hydrogen (secondary N) is 1. The van der Waals surface area contributed by atoms with Crippen LogP contribution in [0.4, 0.5) is 10.1 Å². The molecule has 212 valence electrons. The molecule has 1 aliphatic carbocycles. The number of carboxylic acid groups (broad SMARTS) is 1. The number of halogens is 2. The molecule has 7 rings (SSSR count). The SMILES string of the molecule is N#Cc1cccc(NC(=O)[C@H]2[C@@H](c3cccc(Cl)c3F)[C@@H]3c4nc5cc(C(=O)O)ccc5n4CC[C@@H]3N2CC2CC2)c1. The molecule has 3 heterocycles. The van der Waals surface area contributed by atoms with Gasteiger partial charge in [-0.1, -0.05) is 29.8 Å². The van der Waals surface area contributed by atoms with Gasteiger partial charge in [-0.15, -0.1) is 0 Å². The number of hydrogen-bond acceptors (Lipinski definition) is 5. The number of aromatic carboxylic acids is 1. The lowest BCUT2D eigenvalue weighted by atomic mass is 9.78. The molecule has 0 spiro atoms. The van der Waals surface area contributed by atoms with Crippen molar-refractivity contribution < 1.29 is 19.1 Å². The van der Waals surface area contributed by atoms with Crippen molar-refractivity contribution in [1.29, 1.82) is 5.26 Å². The zero-order valence-electron chi connectivity index (χ0n) is 22.5. The molecule has 2 aliphatic heterocycles. The summed E-state index contributed by atoms with van der Waals surface area (Å²) in [6.45, 7) is 1.35. The van der Waals surface area contributed by atoms with Gasteiger partial charge in [-0.2, -0.15) is 5.26 Å². The smallest absolute Gasteiger partial charge is 0.335 e. The number of carbonyl (C=O) groups is 2. The Hall–Kier alpha value is -4.26. The van der Waals surface area contributed by atoms with Gasteiger partial charge in [-0.25, -0.2) is 14.2 Å². The van der Waals surface area contributed by atoms with Crippen molar-refractivity contribution in [3.63, 3.8) is 0 Å². The van der Waals surface area contributed by atoms with Crippen LogP contribution in [0.5, 0.6) is 0 Å². The van der Waals surface area contributed by atoms with Gasteiger partial charge in [0.2, 0.25) is 5.91 Å². The third-order valence-corrected chi connectivity index (χ3v) is 9.22. The maximum absolute atomic E-state index is 15.9. The second-order valence-corrected chi connectivity index (χ2v) is 11.9. The Morgan fingerprint density at radius 3 is 2.67 bits per heavy atom. The fourth-order valence-electron chi connectivity index (χ4n) is 6.95. The minimum Gasteiger partial charge on any atom is -0.478 e. The van der Waals surface area contributed by atoms with Crippen LogP contribution < -0.4 is 5.32 Å². The Balaban J connectivity index is 1.39. The second kappa shape index (κ2) is 10.2. The Morgan fingerprint density at radius 2 is 1.90 bits per heavy atom. The summed E-state index contributed by atoms with van der Waals surface area (Å²) < 4.78 is 18.0. The highest BCUT2D eigenvalue weighted by Gasteiger charge is 2.57. The largest absolute Gasteiger partial charge is 0.478 e. The van der Waals surface area contributed by atoms with Crippen LogP contribution in [0.15, 0.2) is 60.7 Å². The number of carboxylic acids is 1. The molecular formula is C32H27ClFN5O3. The minimum atomic E-state index is -1.03. The van der Waals surface area contributed by atoms with Gasteiger partial charge >= 0.3 is 5.97 Å². The Bertz CT molecular complexity index is 1790. The van der Waals surface area contributed by atoms with Crippen LogP contribution in [0.25, 0.3) is 11.0 Å². The van der Waals surface area contributed by atoms with Gasteiger partial charge in [0.15, 0.2) is 0 Å². The lowest BCUT2D eigenvalue weighted by Gasteiger charge is -2.34. The first kappa shape index (κ1) is 26.6. The van der Waals surface area contributed by atoms with E-state index in [1.54, 1.807) is 54.6 Å². The second-order valence-electron chi connectivity index (χ2n) is 11.4. The molecule has 1 saturated heterocycles. The summed E-state index contributed by atoms with van der Waals surface area (Å²) >= 11 is 6.30. The third-order valence-electron chi connectivity index (χ3n) is 8.93. The van der Waals surface area contributed by atoms with Crippen molar-refractivity contribution in [2.75, 3.05) is 11.9 Å². The number of fused-ring (bicyclic) bond motifs is 5. The van der Waals surface area contributed by atoms with Crippen molar-refractivity contribution in [2.45, 2.75) is 49.7 Å². The van der Waals surface area contributed by atoms with Gasteiger partial charge < -0.3 is 15.0 Å². The summed E-state index contributed by atoms with van der Waals surface area (Å²) in [6, 6.07) is 17.9. The average molecular weight is 584 g/mol. The highest BCUT2D eigenvalue weighted by molar-refractivity contribution is 6.30. The summed E-state index contributed by atoms with van der Waals surface area (Å²) in [7, 11) is 0. The maximum Gasteiger partial charge on any atom is 0.335 e. The first-order valence-corrected chi connectivity index (χ1v) is 14.5. The molecule has 10 heteroatoms. The number of aryl methyl sites for hydroxylation is 1. The number of nitriles is 1. The highest BCUT2D eigenvalue weighted by atomic mass is 35.5. The molecule has 0 radical (unpaired) electrons. The molecule has 1 aromatic heterocycles. The Kier molecular flexibility index (Phi) is 6.48. The summed E-state index contributed by atoms with van der Waals surface area (Å²) in [5.41, 5.74) is 2.80. The number of benzene rings is 3. The number of aromatic nitrogens is 2. The summed E-state index contributed by atoms with van der Waals surface area (Å²) in [5.74, 6) is -1.63. The van der Waals surface area contributed by atoms with E-state index >= 15 is 4.39 Å². The van der Waals surface area contributed by atoms with Crippen LogP contribution in [0, 0.1) is 23.1 Å². The number of rotatable bonds is 6. The summed E-state index contributed by atoms with van der Waals surface area (Å²) in [5, 5.41) is 21.9. The summed E-state index contributed by atoms with van der Waals surface area (Å²) in [6.07, 6.45) is 2.89.